The van der Waals surface area contributed by atoms with Crippen LogP contribution in [0.2, 0.25) is 0 Å². The molecule has 0 bridgehead atoms. The highest BCUT2D eigenvalue weighted by Gasteiger charge is 2.18. The molecule has 8 heteroatoms. The summed E-state index contributed by atoms with van der Waals surface area (Å²) >= 11 is 0. The second-order valence-corrected chi connectivity index (χ2v) is 6.75. The lowest BCUT2D eigenvalue weighted by atomic mass is 10.00. The third kappa shape index (κ3) is 3.60. The number of aromatic nitrogens is 3. The van der Waals surface area contributed by atoms with Gasteiger partial charge in [0.1, 0.15) is 12.4 Å². The average Bonchev–Trinajstić information content (AvgIpc) is 3.24. The van der Waals surface area contributed by atoms with Crippen LogP contribution in [0.3, 0.4) is 0 Å². The molecule has 0 saturated carbocycles. The minimum absolute atomic E-state index is 0.107. The van der Waals surface area contributed by atoms with E-state index in [1.807, 2.05) is 0 Å². The van der Waals surface area contributed by atoms with Crippen LogP contribution in [0.5, 0.6) is 11.5 Å². The molecule has 0 atom stereocenters. The minimum Gasteiger partial charge on any atom is -0.454 e. The molecule has 0 unspecified atom stereocenters. The largest absolute Gasteiger partial charge is 0.454 e. The molecule has 0 saturated heterocycles. The topological polar surface area (TPSA) is 87.4 Å². The molecule has 27 heavy (non-hydrogen) atoms. The fourth-order valence-corrected chi connectivity index (χ4v) is 3.41. The molecule has 2 heterocycles. The van der Waals surface area contributed by atoms with Crippen LogP contribution in [0.1, 0.15) is 31.5 Å². The Labute approximate surface area is 156 Å². The molecule has 142 valence electrons. The second-order valence-electron chi connectivity index (χ2n) is 6.75. The highest BCUT2D eigenvalue weighted by atomic mass is 16.7. The van der Waals surface area contributed by atoms with Crippen molar-refractivity contribution in [3.05, 3.63) is 46.2 Å². The monoisotopic (exact) mass is 370 g/mol. The molecule has 1 aromatic heterocycles. The van der Waals surface area contributed by atoms with Gasteiger partial charge in [0.05, 0.1) is 5.69 Å². The van der Waals surface area contributed by atoms with Crippen LogP contribution < -0.4 is 20.5 Å². The van der Waals surface area contributed by atoms with E-state index in [1.54, 1.807) is 25.1 Å². The Balaban J connectivity index is 1.48. The van der Waals surface area contributed by atoms with Gasteiger partial charge >= 0.3 is 5.69 Å². The summed E-state index contributed by atoms with van der Waals surface area (Å²) in [4.78, 5) is 25.0. The molecule has 0 spiro atoms. The quantitative estimate of drug-likeness (QED) is 0.810. The van der Waals surface area contributed by atoms with E-state index in [2.05, 4.69) is 16.5 Å². The van der Waals surface area contributed by atoms with E-state index in [1.165, 1.54) is 27.7 Å². The molecule has 1 N–H and O–H groups in total. The number of amides is 1. The lowest BCUT2D eigenvalue weighted by Crippen LogP contribution is -2.34. The van der Waals surface area contributed by atoms with E-state index in [9.17, 15) is 9.59 Å². The molecular formula is C19H22N4O4. The third-order valence-electron chi connectivity index (χ3n) is 4.81. The van der Waals surface area contributed by atoms with Gasteiger partial charge in [-0.25, -0.2) is 14.0 Å². The van der Waals surface area contributed by atoms with Crippen LogP contribution in [-0.4, -0.2) is 33.6 Å². The van der Waals surface area contributed by atoms with Crippen molar-refractivity contribution in [2.24, 2.45) is 0 Å². The van der Waals surface area contributed by atoms with Gasteiger partial charge in [0, 0.05) is 12.6 Å². The smallest absolute Gasteiger partial charge is 0.351 e. The maximum atomic E-state index is 12.7. The molecule has 0 fully saturated rings. The van der Waals surface area contributed by atoms with Crippen molar-refractivity contribution in [3.8, 4) is 17.2 Å². The Kier molecular flexibility index (Phi) is 4.70. The summed E-state index contributed by atoms with van der Waals surface area (Å²) in [5.74, 6) is 1.51. The molecular weight excluding hydrogens is 348 g/mol. The minimum atomic E-state index is -0.363. The summed E-state index contributed by atoms with van der Waals surface area (Å²) in [7, 11) is 0. The second kappa shape index (κ2) is 7.30. The molecule has 1 aromatic carbocycles. The van der Waals surface area contributed by atoms with Gasteiger partial charge in [-0.1, -0.05) is 11.6 Å². The average molecular weight is 370 g/mol. The number of benzene rings is 1. The van der Waals surface area contributed by atoms with Crippen LogP contribution >= 0.6 is 0 Å². The maximum Gasteiger partial charge on any atom is 0.351 e. The zero-order valence-electron chi connectivity index (χ0n) is 15.2. The van der Waals surface area contributed by atoms with Crippen LogP contribution in [-0.2, 0) is 11.3 Å². The molecule has 8 nitrogen and oxygen atoms in total. The van der Waals surface area contributed by atoms with E-state index in [-0.39, 0.29) is 24.9 Å². The number of carbonyl (C=O) groups excluding carboxylic acids is 1. The number of hydrogen-bond acceptors (Lipinski definition) is 5. The number of nitrogens with one attached hydrogen (secondary N) is 1. The van der Waals surface area contributed by atoms with Crippen LogP contribution in [0.25, 0.3) is 5.69 Å². The number of nitrogens with zero attached hydrogens (tertiary/aromatic N) is 3. The lowest BCUT2D eigenvalue weighted by Gasteiger charge is -2.13. The molecule has 1 amide bonds. The predicted molar refractivity (Wildman–Crippen MR) is 98.2 cm³/mol. The highest BCUT2D eigenvalue weighted by Crippen LogP contribution is 2.33. The van der Waals surface area contributed by atoms with Gasteiger partial charge in [0.15, 0.2) is 11.5 Å². The number of fused-ring (bicyclic) bond motifs is 1. The van der Waals surface area contributed by atoms with E-state index < -0.39 is 0 Å². The lowest BCUT2D eigenvalue weighted by molar-refractivity contribution is -0.121. The first-order valence-corrected chi connectivity index (χ1v) is 9.13. The van der Waals surface area contributed by atoms with Crippen molar-refractivity contribution in [2.45, 2.75) is 39.2 Å². The van der Waals surface area contributed by atoms with Crippen molar-refractivity contribution in [3.63, 3.8) is 0 Å². The number of hydrogen-bond donors (Lipinski definition) is 1. The summed E-state index contributed by atoms with van der Waals surface area (Å²) < 4.78 is 13.3. The number of rotatable bonds is 5. The summed E-state index contributed by atoms with van der Waals surface area (Å²) in [5, 5.41) is 7.11. The van der Waals surface area contributed by atoms with E-state index in [0.29, 0.717) is 29.6 Å². The fraction of sp³-hybridized carbons (Fsp3) is 0.421. The van der Waals surface area contributed by atoms with Gasteiger partial charge in [-0.05, 0) is 44.7 Å². The highest BCUT2D eigenvalue weighted by molar-refractivity contribution is 5.75. The Morgan fingerprint density at radius 2 is 2.11 bits per heavy atom. The first-order valence-electron chi connectivity index (χ1n) is 9.13. The van der Waals surface area contributed by atoms with E-state index in [4.69, 9.17) is 9.47 Å². The van der Waals surface area contributed by atoms with Crippen LogP contribution in [0.15, 0.2) is 34.6 Å². The van der Waals surface area contributed by atoms with Crippen molar-refractivity contribution in [2.75, 3.05) is 13.3 Å². The Morgan fingerprint density at radius 1 is 1.26 bits per heavy atom. The van der Waals surface area contributed by atoms with Gasteiger partial charge in [-0.15, -0.1) is 0 Å². The van der Waals surface area contributed by atoms with Gasteiger partial charge in [-0.2, -0.15) is 5.10 Å². The van der Waals surface area contributed by atoms with Crippen LogP contribution in [0, 0.1) is 6.92 Å². The number of carbonyl (C=O) groups is 1. The SMILES string of the molecule is Cc1nn(CC(=O)NCC2=CCCCC2)c(=O)n1-c1ccc2c(c1)OCO2. The summed E-state index contributed by atoms with van der Waals surface area (Å²) in [6, 6.07) is 5.26. The molecule has 1 aliphatic heterocycles. The van der Waals surface area contributed by atoms with Gasteiger partial charge in [0.25, 0.3) is 0 Å². The first kappa shape index (κ1) is 17.4. The standard InChI is InChI=1S/C19H22N4O4/c1-13-21-22(11-18(24)20-10-14-5-3-2-4-6-14)19(25)23(13)15-7-8-16-17(9-15)27-12-26-16/h5,7-9H,2-4,6,10-12H2,1H3,(H,20,24). The molecule has 2 aliphatic rings. The summed E-state index contributed by atoms with van der Waals surface area (Å²) in [6.07, 6.45) is 6.67. The van der Waals surface area contributed by atoms with Gasteiger partial charge in [-0.3, -0.25) is 4.79 Å². The molecule has 1 aliphatic carbocycles. The van der Waals surface area contributed by atoms with Crippen molar-refractivity contribution < 1.29 is 14.3 Å². The molecule has 2 aromatic rings. The zero-order valence-corrected chi connectivity index (χ0v) is 15.2. The van der Waals surface area contributed by atoms with Crippen molar-refractivity contribution in [1.82, 2.24) is 19.7 Å². The summed E-state index contributed by atoms with van der Waals surface area (Å²) in [5.41, 5.74) is 1.52. The van der Waals surface area contributed by atoms with Crippen LogP contribution in [0.4, 0.5) is 0 Å². The molecule has 4 rings (SSSR count). The van der Waals surface area contributed by atoms with Crippen molar-refractivity contribution >= 4 is 5.91 Å². The zero-order chi connectivity index (χ0) is 18.8. The normalized spacial score (nSPS) is 15.5. The van der Waals surface area contributed by atoms with E-state index in [0.717, 1.165) is 12.8 Å². The van der Waals surface area contributed by atoms with E-state index >= 15 is 0 Å². The Morgan fingerprint density at radius 3 is 2.93 bits per heavy atom. The van der Waals surface area contributed by atoms with Gasteiger partial charge < -0.3 is 14.8 Å². The third-order valence-corrected chi connectivity index (χ3v) is 4.81. The maximum absolute atomic E-state index is 12.7. The Hall–Kier alpha value is -3.03. The Bertz CT molecular complexity index is 957. The number of ether oxygens (including phenoxy) is 2. The number of aryl methyl sites for hydroxylation is 1. The fourth-order valence-electron chi connectivity index (χ4n) is 3.41. The van der Waals surface area contributed by atoms with Gasteiger partial charge in [0.2, 0.25) is 12.7 Å². The first-order chi connectivity index (χ1) is 13.1. The molecule has 0 radical (unpaired) electrons. The number of allylic oxidation sites excluding steroid dienone is 1. The van der Waals surface area contributed by atoms with Crippen molar-refractivity contribution in [1.29, 1.82) is 0 Å². The predicted octanol–water partition coefficient (Wildman–Crippen LogP) is 1.69. The summed E-state index contributed by atoms with van der Waals surface area (Å²) in [6.45, 7) is 2.33.